The van der Waals surface area contributed by atoms with Gasteiger partial charge in [-0.1, -0.05) is 48.7 Å². The minimum atomic E-state index is 0.922. The summed E-state index contributed by atoms with van der Waals surface area (Å²) < 4.78 is 0. The molecule has 74 valence electrons. The number of rotatable bonds is 3. The van der Waals surface area contributed by atoms with Crippen LogP contribution in [0, 0.1) is 0 Å². The molecule has 0 N–H and O–H groups in total. The van der Waals surface area contributed by atoms with E-state index in [0.29, 0.717) is 0 Å². The summed E-state index contributed by atoms with van der Waals surface area (Å²) in [5.41, 5.74) is 4.18. The summed E-state index contributed by atoms with van der Waals surface area (Å²) >= 11 is 6.14. The van der Waals surface area contributed by atoms with Gasteiger partial charge in [-0.25, -0.2) is 0 Å². The highest BCUT2D eigenvalue weighted by Crippen LogP contribution is 2.32. The maximum atomic E-state index is 6.14. The molecule has 1 aromatic rings. The third-order valence-corrected chi connectivity index (χ3v) is 3.12. The molecule has 1 heteroatoms. The number of hydrogen-bond acceptors (Lipinski definition) is 0. The highest BCUT2D eigenvalue weighted by Gasteiger charge is 2.14. The molecule has 0 heterocycles. The molecule has 2 rings (SSSR count). The van der Waals surface area contributed by atoms with Crippen molar-refractivity contribution in [3.8, 4) is 0 Å². The monoisotopic (exact) mass is 206 g/mol. The van der Waals surface area contributed by atoms with Crippen molar-refractivity contribution >= 4 is 17.7 Å². The van der Waals surface area contributed by atoms with Crippen molar-refractivity contribution in [2.75, 3.05) is 0 Å². The zero-order chi connectivity index (χ0) is 9.97. The Bertz CT molecular complexity index is 363. The van der Waals surface area contributed by atoms with E-state index in [-0.39, 0.29) is 0 Å². The van der Waals surface area contributed by atoms with Crippen LogP contribution in [0.5, 0.6) is 0 Å². The first-order chi connectivity index (χ1) is 6.81. The van der Waals surface area contributed by atoms with Crippen molar-refractivity contribution in [1.82, 2.24) is 0 Å². The van der Waals surface area contributed by atoms with E-state index in [1.54, 1.807) is 0 Å². The second kappa shape index (κ2) is 4.18. The van der Waals surface area contributed by atoms with E-state index < -0.39 is 0 Å². The predicted octanol–water partition coefficient (Wildman–Crippen LogP) is 4.47. The summed E-state index contributed by atoms with van der Waals surface area (Å²) in [5.74, 6) is 0. The van der Waals surface area contributed by atoms with E-state index in [9.17, 15) is 0 Å². The van der Waals surface area contributed by atoms with Gasteiger partial charge in [0, 0.05) is 5.02 Å². The molecular weight excluding hydrogens is 192 g/mol. The topological polar surface area (TPSA) is 0 Å². The van der Waals surface area contributed by atoms with Gasteiger partial charge >= 0.3 is 0 Å². The standard InChI is InChI=1S/C13H15Cl/c1-2-3-5-10-8-11-6-4-7-13(14)12(11)9-10/h4,6-8H,2-3,5,9H2,1H3. The molecule has 1 aliphatic rings. The Kier molecular flexibility index (Phi) is 2.93. The SMILES string of the molecule is CCCCC1=Cc2cccc(Cl)c2C1. The van der Waals surface area contributed by atoms with Crippen molar-refractivity contribution in [2.24, 2.45) is 0 Å². The molecule has 0 saturated carbocycles. The molecule has 1 aliphatic carbocycles. The molecule has 14 heavy (non-hydrogen) atoms. The minimum absolute atomic E-state index is 0.922. The van der Waals surface area contributed by atoms with E-state index in [1.807, 2.05) is 12.1 Å². The van der Waals surface area contributed by atoms with Gasteiger partial charge < -0.3 is 0 Å². The van der Waals surface area contributed by atoms with Crippen molar-refractivity contribution in [3.63, 3.8) is 0 Å². The lowest BCUT2D eigenvalue weighted by Gasteiger charge is -2.01. The summed E-state index contributed by atoms with van der Waals surface area (Å²) in [6.45, 7) is 2.23. The first kappa shape index (κ1) is 9.79. The van der Waals surface area contributed by atoms with Gasteiger partial charge in [-0.3, -0.25) is 0 Å². The molecule has 0 nitrogen and oxygen atoms in total. The number of hydrogen-bond donors (Lipinski definition) is 0. The lowest BCUT2D eigenvalue weighted by atomic mass is 10.1. The number of halogens is 1. The van der Waals surface area contributed by atoms with Gasteiger partial charge in [0.1, 0.15) is 0 Å². The number of fused-ring (bicyclic) bond motifs is 1. The maximum absolute atomic E-state index is 6.14. The van der Waals surface area contributed by atoms with Crippen LogP contribution in [-0.4, -0.2) is 0 Å². The zero-order valence-electron chi connectivity index (χ0n) is 8.52. The average molecular weight is 207 g/mol. The van der Waals surface area contributed by atoms with Crippen LogP contribution in [-0.2, 0) is 6.42 Å². The van der Waals surface area contributed by atoms with Crippen LogP contribution < -0.4 is 0 Å². The van der Waals surface area contributed by atoms with E-state index in [0.717, 1.165) is 11.4 Å². The third-order valence-electron chi connectivity index (χ3n) is 2.77. The highest BCUT2D eigenvalue weighted by molar-refractivity contribution is 6.31. The smallest absolute Gasteiger partial charge is 0.0447 e. The lowest BCUT2D eigenvalue weighted by molar-refractivity contribution is 0.779. The molecule has 0 unspecified atom stereocenters. The van der Waals surface area contributed by atoms with Crippen molar-refractivity contribution in [2.45, 2.75) is 32.6 Å². The first-order valence-corrected chi connectivity index (χ1v) is 5.66. The molecule has 0 saturated heterocycles. The summed E-state index contributed by atoms with van der Waals surface area (Å²) in [4.78, 5) is 0. The van der Waals surface area contributed by atoms with Crippen LogP contribution in [0.4, 0.5) is 0 Å². The van der Waals surface area contributed by atoms with Gasteiger partial charge in [0.15, 0.2) is 0 Å². The Balaban J connectivity index is 2.15. The van der Waals surface area contributed by atoms with E-state index in [2.05, 4.69) is 19.1 Å². The third kappa shape index (κ3) is 1.85. The normalized spacial score (nSPS) is 14.0. The number of allylic oxidation sites excluding steroid dienone is 1. The molecule has 0 bridgehead atoms. The fraction of sp³-hybridized carbons (Fsp3) is 0.385. The van der Waals surface area contributed by atoms with E-state index in [1.165, 1.54) is 36.0 Å². The predicted molar refractivity (Wildman–Crippen MR) is 62.7 cm³/mol. The van der Waals surface area contributed by atoms with Gasteiger partial charge in [0.05, 0.1) is 0 Å². The summed E-state index contributed by atoms with van der Waals surface area (Å²) in [7, 11) is 0. The van der Waals surface area contributed by atoms with Gasteiger partial charge in [-0.15, -0.1) is 0 Å². The van der Waals surface area contributed by atoms with Crippen LogP contribution in [0.3, 0.4) is 0 Å². The molecule has 0 atom stereocenters. The lowest BCUT2D eigenvalue weighted by Crippen LogP contribution is -1.86. The fourth-order valence-corrected chi connectivity index (χ4v) is 2.21. The number of unbranched alkanes of at least 4 members (excludes halogenated alkanes) is 1. The van der Waals surface area contributed by atoms with Crippen LogP contribution in [0.25, 0.3) is 6.08 Å². The van der Waals surface area contributed by atoms with Crippen molar-refractivity contribution in [3.05, 3.63) is 39.9 Å². The number of benzene rings is 1. The molecule has 0 radical (unpaired) electrons. The summed E-state index contributed by atoms with van der Waals surface area (Å²) in [5, 5.41) is 0.922. The first-order valence-electron chi connectivity index (χ1n) is 5.28. The average Bonchev–Trinajstić information content (AvgIpc) is 2.59. The van der Waals surface area contributed by atoms with Crippen LogP contribution in [0.15, 0.2) is 23.8 Å². The second-order valence-electron chi connectivity index (χ2n) is 3.89. The van der Waals surface area contributed by atoms with Gasteiger partial charge in [0.25, 0.3) is 0 Å². The van der Waals surface area contributed by atoms with Gasteiger partial charge in [-0.2, -0.15) is 0 Å². The van der Waals surface area contributed by atoms with Gasteiger partial charge in [-0.05, 0) is 36.5 Å². The largest absolute Gasteiger partial charge is 0.0840 e. The molecule has 0 amide bonds. The molecule has 0 spiro atoms. The molecular formula is C13H15Cl. The van der Waals surface area contributed by atoms with Gasteiger partial charge in [0.2, 0.25) is 0 Å². The maximum Gasteiger partial charge on any atom is 0.0447 e. The Morgan fingerprint density at radius 3 is 2.93 bits per heavy atom. The zero-order valence-corrected chi connectivity index (χ0v) is 9.27. The van der Waals surface area contributed by atoms with Crippen LogP contribution >= 0.6 is 11.6 Å². The van der Waals surface area contributed by atoms with Crippen molar-refractivity contribution in [1.29, 1.82) is 0 Å². The molecule has 1 aromatic carbocycles. The second-order valence-corrected chi connectivity index (χ2v) is 4.30. The van der Waals surface area contributed by atoms with E-state index >= 15 is 0 Å². The fourth-order valence-electron chi connectivity index (χ4n) is 1.96. The quantitative estimate of drug-likeness (QED) is 0.685. The summed E-state index contributed by atoms with van der Waals surface area (Å²) in [6, 6.07) is 6.16. The molecule has 0 aliphatic heterocycles. The molecule has 0 fully saturated rings. The Morgan fingerprint density at radius 2 is 2.21 bits per heavy atom. The van der Waals surface area contributed by atoms with Crippen LogP contribution in [0.1, 0.15) is 37.3 Å². The Morgan fingerprint density at radius 1 is 1.36 bits per heavy atom. The minimum Gasteiger partial charge on any atom is -0.0840 e. The highest BCUT2D eigenvalue weighted by atomic mass is 35.5. The van der Waals surface area contributed by atoms with Crippen LogP contribution in [0.2, 0.25) is 5.02 Å². The summed E-state index contributed by atoms with van der Waals surface area (Å²) in [6.07, 6.45) is 7.15. The Hall–Kier alpha value is -0.750. The van der Waals surface area contributed by atoms with E-state index in [4.69, 9.17) is 11.6 Å². The van der Waals surface area contributed by atoms with Crippen molar-refractivity contribution < 1.29 is 0 Å². The molecule has 0 aromatic heterocycles. The Labute approximate surface area is 90.6 Å².